The van der Waals surface area contributed by atoms with Crippen molar-refractivity contribution in [3.05, 3.63) is 53.9 Å². The number of nitrogen functional groups attached to an aromatic ring is 1. The summed E-state index contributed by atoms with van der Waals surface area (Å²) in [6.07, 6.45) is 0. The molecule has 0 amide bonds. The van der Waals surface area contributed by atoms with Crippen LogP contribution in [0.5, 0.6) is 0 Å². The topological polar surface area (TPSA) is 93.6 Å². The van der Waals surface area contributed by atoms with E-state index in [1.165, 1.54) is 0 Å². The first-order chi connectivity index (χ1) is 8.74. The number of pyridine rings is 1. The Labute approximate surface area is 104 Å². The molecule has 0 aliphatic heterocycles. The molecule has 90 valence electrons. The Kier molecular flexibility index (Phi) is 2.46. The highest BCUT2D eigenvalue weighted by molar-refractivity contribution is 5.72. The van der Waals surface area contributed by atoms with Crippen LogP contribution < -0.4 is 11.5 Å². The molecule has 0 radical (unpaired) electrons. The van der Waals surface area contributed by atoms with E-state index in [1.807, 2.05) is 36.4 Å². The predicted octanol–water partition coefficient (Wildman–Crippen LogP) is 1.59. The predicted molar refractivity (Wildman–Crippen MR) is 70.8 cm³/mol. The first-order valence-electron chi connectivity index (χ1n) is 5.67. The number of imidazole rings is 1. The van der Waals surface area contributed by atoms with Crippen LogP contribution in [0.1, 0.15) is 17.4 Å². The fourth-order valence-electron chi connectivity index (χ4n) is 1.89. The molecule has 2 aromatic heterocycles. The number of H-pyrrole nitrogens is 1. The van der Waals surface area contributed by atoms with Crippen LogP contribution in [-0.4, -0.2) is 15.0 Å². The Morgan fingerprint density at radius 3 is 2.56 bits per heavy atom. The molecule has 0 aliphatic carbocycles. The zero-order valence-electron chi connectivity index (χ0n) is 9.67. The standard InChI is InChI=1S/C13H13N5/c14-10-7-6-9-12(17-10)18-13(16-9)11(15)8-4-2-1-3-5-8/h1-7,11H,15H2,(H3,14,16,17,18). The third-order valence-corrected chi connectivity index (χ3v) is 2.84. The first-order valence-corrected chi connectivity index (χ1v) is 5.67. The van der Waals surface area contributed by atoms with Crippen LogP contribution >= 0.6 is 0 Å². The van der Waals surface area contributed by atoms with Gasteiger partial charge in [0.15, 0.2) is 5.65 Å². The highest BCUT2D eigenvalue weighted by atomic mass is 15.0. The van der Waals surface area contributed by atoms with E-state index in [2.05, 4.69) is 15.0 Å². The molecule has 5 N–H and O–H groups in total. The van der Waals surface area contributed by atoms with E-state index >= 15 is 0 Å². The number of hydrogen-bond donors (Lipinski definition) is 3. The summed E-state index contributed by atoms with van der Waals surface area (Å²) in [5.41, 5.74) is 14.2. The van der Waals surface area contributed by atoms with Crippen molar-refractivity contribution in [2.45, 2.75) is 6.04 Å². The lowest BCUT2D eigenvalue weighted by molar-refractivity contribution is 0.805. The molecule has 1 aromatic carbocycles. The monoisotopic (exact) mass is 239 g/mol. The average Bonchev–Trinajstić information content (AvgIpc) is 2.81. The van der Waals surface area contributed by atoms with Gasteiger partial charge in [0, 0.05) is 0 Å². The molecule has 0 fully saturated rings. The maximum absolute atomic E-state index is 6.17. The Morgan fingerprint density at radius 2 is 1.78 bits per heavy atom. The van der Waals surface area contributed by atoms with Crippen molar-refractivity contribution in [3.63, 3.8) is 0 Å². The number of anilines is 1. The number of hydrogen-bond acceptors (Lipinski definition) is 4. The van der Waals surface area contributed by atoms with E-state index in [1.54, 1.807) is 6.07 Å². The average molecular weight is 239 g/mol. The lowest BCUT2D eigenvalue weighted by Crippen LogP contribution is -2.13. The molecule has 0 aliphatic rings. The maximum Gasteiger partial charge on any atom is 0.179 e. The molecule has 0 saturated carbocycles. The quantitative estimate of drug-likeness (QED) is 0.633. The van der Waals surface area contributed by atoms with Crippen molar-refractivity contribution < 1.29 is 0 Å². The van der Waals surface area contributed by atoms with Crippen LogP contribution in [0.25, 0.3) is 11.2 Å². The van der Waals surface area contributed by atoms with Crippen LogP contribution in [0.3, 0.4) is 0 Å². The molecule has 0 bridgehead atoms. The highest BCUT2D eigenvalue weighted by Gasteiger charge is 2.13. The molecule has 0 spiro atoms. The number of nitrogens with zero attached hydrogens (tertiary/aromatic N) is 2. The molecule has 5 heteroatoms. The van der Waals surface area contributed by atoms with Gasteiger partial charge >= 0.3 is 0 Å². The smallest absolute Gasteiger partial charge is 0.179 e. The Morgan fingerprint density at radius 1 is 1.00 bits per heavy atom. The molecule has 2 heterocycles. The molecule has 1 unspecified atom stereocenters. The first kappa shape index (κ1) is 10.7. The van der Waals surface area contributed by atoms with Gasteiger partial charge in [-0.25, -0.2) is 9.97 Å². The fraction of sp³-hybridized carbons (Fsp3) is 0.0769. The summed E-state index contributed by atoms with van der Waals surface area (Å²) in [4.78, 5) is 11.7. The van der Waals surface area contributed by atoms with Gasteiger partial charge in [0.05, 0.1) is 11.6 Å². The van der Waals surface area contributed by atoms with E-state index in [0.29, 0.717) is 17.3 Å². The van der Waals surface area contributed by atoms with Crippen LogP contribution in [0.15, 0.2) is 42.5 Å². The molecular weight excluding hydrogens is 226 g/mol. The van der Waals surface area contributed by atoms with Crippen LogP contribution in [0.4, 0.5) is 5.82 Å². The van der Waals surface area contributed by atoms with Gasteiger partial charge in [0.1, 0.15) is 11.6 Å². The van der Waals surface area contributed by atoms with Crippen LogP contribution in [-0.2, 0) is 0 Å². The molecule has 18 heavy (non-hydrogen) atoms. The van der Waals surface area contributed by atoms with E-state index in [9.17, 15) is 0 Å². The summed E-state index contributed by atoms with van der Waals surface area (Å²) in [5.74, 6) is 1.14. The summed E-state index contributed by atoms with van der Waals surface area (Å²) in [7, 11) is 0. The van der Waals surface area contributed by atoms with E-state index in [4.69, 9.17) is 11.5 Å². The second kappa shape index (κ2) is 4.12. The molecular formula is C13H13N5. The number of rotatable bonds is 2. The zero-order valence-corrected chi connectivity index (χ0v) is 9.67. The fourth-order valence-corrected chi connectivity index (χ4v) is 1.89. The van der Waals surface area contributed by atoms with Gasteiger partial charge in [-0.05, 0) is 17.7 Å². The molecule has 3 aromatic rings. The summed E-state index contributed by atoms with van der Waals surface area (Å²) >= 11 is 0. The minimum atomic E-state index is -0.290. The van der Waals surface area contributed by atoms with Crippen LogP contribution in [0, 0.1) is 0 Å². The minimum absolute atomic E-state index is 0.290. The van der Waals surface area contributed by atoms with Gasteiger partial charge in [-0.3, -0.25) is 0 Å². The van der Waals surface area contributed by atoms with Gasteiger partial charge in [-0.1, -0.05) is 30.3 Å². The number of aromatic nitrogens is 3. The Hall–Kier alpha value is -2.40. The van der Waals surface area contributed by atoms with E-state index in [0.717, 1.165) is 11.1 Å². The summed E-state index contributed by atoms with van der Waals surface area (Å²) in [5, 5.41) is 0. The molecule has 3 rings (SSSR count). The summed E-state index contributed by atoms with van der Waals surface area (Å²) in [6.45, 7) is 0. The second-order valence-electron chi connectivity index (χ2n) is 4.12. The van der Waals surface area contributed by atoms with Crippen molar-refractivity contribution in [3.8, 4) is 0 Å². The van der Waals surface area contributed by atoms with Crippen molar-refractivity contribution >= 4 is 17.0 Å². The lowest BCUT2D eigenvalue weighted by atomic mass is 10.1. The van der Waals surface area contributed by atoms with Gasteiger partial charge in [-0.2, -0.15) is 0 Å². The van der Waals surface area contributed by atoms with E-state index < -0.39 is 0 Å². The largest absolute Gasteiger partial charge is 0.384 e. The van der Waals surface area contributed by atoms with Crippen molar-refractivity contribution in [2.75, 3.05) is 5.73 Å². The van der Waals surface area contributed by atoms with Gasteiger partial charge in [-0.15, -0.1) is 0 Å². The molecule has 5 nitrogen and oxygen atoms in total. The zero-order chi connectivity index (χ0) is 12.5. The number of nitrogens with one attached hydrogen (secondary N) is 1. The van der Waals surface area contributed by atoms with Gasteiger partial charge in [0.25, 0.3) is 0 Å². The van der Waals surface area contributed by atoms with Gasteiger partial charge < -0.3 is 16.5 Å². The van der Waals surface area contributed by atoms with E-state index in [-0.39, 0.29) is 6.04 Å². The number of nitrogens with two attached hydrogens (primary N) is 2. The van der Waals surface area contributed by atoms with Gasteiger partial charge in [0.2, 0.25) is 0 Å². The normalized spacial score (nSPS) is 12.7. The molecule has 0 saturated heterocycles. The molecule has 1 atom stereocenters. The van der Waals surface area contributed by atoms with Crippen LogP contribution in [0.2, 0.25) is 0 Å². The SMILES string of the molecule is Nc1ccc2[nH]c(C(N)c3ccccc3)nc2n1. The van der Waals surface area contributed by atoms with Crippen molar-refractivity contribution in [1.82, 2.24) is 15.0 Å². The maximum atomic E-state index is 6.17. The number of fused-ring (bicyclic) bond motifs is 1. The highest BCUT2D eigenvalue weighted by Crippen LogP contribution is 2.19. The van der Waals surface area contributed by atoms with Crippen molar-refractivity contribution in [2.24, 2.45) is 5.73 Å². The lowest BCUT2D eigenvalue weighted by Gasteiger charge is -2.07. The number of benzene rings is 1. The Bertz CT molecular complexity index is 674. The second-order valence-corrected chi connectivity index (χ2v) is 4.12. The summed E-state index contributed by atoms with van der Waals surface area (Å²) in [6, 6.07) is 13.1. The minimum Gasteiger partial charge on any atom is -0.384 e. The van der Waals surface area contributed by atoms with Crippen molar-refractivity contribution in [1.29, 1.82) is 0 Å². The summed E-state index contributed by atoms with van der Waals surface area (Å²) < 4.78 is 0. The third kappa shape index (κ3) is 1.80. The third-order valence-electron chi connectivity index (χ3n) is 2.84. The number of aromatic amines is 1. The Balaban J connectivity index is 2.04.